The lowest BCUT2D eigenvalue weighted by atomic mass is 10.1. The van der Waals surface area contributed by atoms with Gasteiger partial charge < -0.3 is 15.5 Å². The highest BCUT2D eigenvalue weighted by molar-refractivity contribution is 6.17. The summed E-state index contributed by atoms with van der Waals surface area (Å²) in [6.45, 7) is -0.338. The van der Waals surface area contributed by atoms with Crippen molar-refractivity contribution < 1.29 is 22.8 Å². The van der Waals surface area contributed by atoms with Gasteiger partial charge in [-0.1, -0.05) is 12.1 Å². The van der Waals surface area contributed by atoms with Gasteiger partial charge in [0.25, 0.3) is 0 Å². The van der Waals surface area contributed by atoms with Gasteiger partial charge in [0.2, 0.25) is 0 Å². The molecule has 7 nitrogen and oxygen atoms in total. The number of halogens is 4. The fraction of sp³-hybridized carbons (Fsp3) is 0.300. The Labute approximate surface area is 181 Å². The average molecular weight is 456 g/mol. The molecule has 0 radical (unpaired) electrons. The summed E-state index contributed by atoms with van der Waals surface area (Å²) in [5, 5.41) is 4.18. The SMILES string of the molecule is O=C(NCC(F)(F)F)Nc1cccc(-c2cnc3cc(CCNOCCCl)ccn23)c1. The van der Waals surface area contributed by atoms with Crippen LogP contribution in [0.1, 0.15) is 5.56 Å². The van der Waals surface area contributed by atoms with E-state index in [1.54, 1.807) is 29.7 Å². The van der Waals surface area contributed by atoms with E-state index in [4.69, 9.17) is 16.4 Å². The van der Waals surface area contributed by atoms with Crippen LogP contribution in [0, 0.1) is 0 Å². The first-order valence-electron chi connectivity index (χ1n) is 9.44. The molecule has 0 bridgehead atoms. The van der Waals surface area contributed by atoms with Gasteiger partial charge >= 0.3 is 12.2 Å². The van der Waals surface area contributed by atoms with Gasteiger partial charge in [-0.25, -0.2) is 15.3 Å². The number of carbonyl (C=O) groups excluding carboxylic acids is 1. The van der Waals surface area contributed by atoms with E-state index in [-0.39, 0.29) is 0 Å². The predicted octanol–water partition coefficient (Wildman–Crippen LogP) is 3.99. The molecule has 0 spiro atoms. The minimum Gasteiger partial charge on any atom is -0.329 e. The van der Waals surface area contributed by atoms with Crippen LogP contribution in [0.2, 0.25) is 0 Å². The first-order chi connectivity index (χ1) is 14.9. The zero-order chi connectivity index (χ0) is 22.3. The van der Waals surface area contributed by atoms with Gasteiger partial charge in [0.05, 0.1) is 18.5 Å². The number of hydrogen-bond donors (Lipinski definition) is 3. The molecule has 3 N–H and O–H groups in total. The van der Waals surface area contributed by atoms with Crippen molar-refractivity contribution in [3.05, 3.63) is 54.4 Å². The van der Waals surface area contributed by atoms with Gasteiger partial charge in [0, 0.05) is 29.9 Å². The van der Waals surface area contributed by atoms with Crippen molar-refractivity contribution in [1.29, 1.82) is 0 Å². The number of nitrogens with zero attached hydrogens (tertiary/aromatic N) is 2. The summed E-state index contributed by atoms with van der Waals surface area (Å²) in [6.07, 6.45) is -0.137. The predicted molar refractivity (Wildman–Crippen MR) is 112 cm³/mol. The Morgan fingerprint density at radius 1 is 1.23 bits per heavy atom. The number of aromatic nitrogens is 2. The molecule has 0 saturated heterocycles. The zero-order valence-electron chi connectivity index (χ0n) is 16.4. The number of rotatable bonds is 9. The molecule has 2 heterocycles. The van der Waals surface area contributed by atoms with Gasteiger partial charge in [0.1, 0.15) is 12.2 Å². The van der Waals surface area contributed by atoms with E-state index >= 15 is 0 Å². The van der Waals surface area contributed by atoms with Crippen molar-refractivity contribution in [1.82, 2.24) is 20.2 Å². The van der Waals surface area contributed by atoms with Crippen molar-refractivity contribution >= 4 is 29.0 Å². The van der Waals surface area contributed by atoms with Gasteiger partial charge in [-0.3, -0.25) is 4.40 Å². The van der Waals surface area contributed by atoms with Gasteiger partial charge in [-0.15, -0.1) is 11.6 Å². The molecule has 0 fully saturated rings. The number of benzene rings is 1. The second-order valence-corrected chi connectivity index (χ2v) is 6.97. The molecule has 2 amide bonds. The summed E-state index contributed by atoms with van der Waals surface area (Å²) in [4.78, 5) is 21.3. The quantitative estimate of drug-likeness (QED) is 0.259. The molecule has 0 aliphatic rings. The topological polar surface area (TPSA) is 79.7 Å². The maximum atomic E-state index is 12.2. The summed E-state index contributed by atoms with van der Waals surface area (Å²) < 4.78 is 38.6. The molecule has 3 rings (SSSR count). The summed E-state index contributed by atoms with van der Waals surface area (Å²) >= 11 is 5.54. The van der Waals surface area contributed by atoms with Crippen LogP contribution in [-0.4, -0.2) is 47.2 Å². The maximum Gasteiger partial charge on any atom is 0.405 e. The molecule has 1 aromatic carbocycles. The maximum absolute atomic E-state index is 12.2. The van der Waals surface area contributed by atoms with E-state index in [0.29, 0.717) is 24.7 Å². The van der Waals surface area contributed by atoms with E-state index < -0.39 is 18.8 Å². The molecule has 0 aliphatic heterocycles. The molecule has 0 saturated carbocycles. The standard InChI is InChI=1S/C20H21ClF3N5O2/c21-6-9-31-27-7-4-14-5-8-29-17(12-25-18(29)10-14)15-2-1-3-16(11-15)28-19(30)26-13-20(22,23)24/h1-3,5,8,10-12,27H,4,6-7,9,13H2,(H2,26,28,30). The van der Waals surface area contributed by atoms with Gasteiger partial charge in [-0.05, 0) is 36.2 Å². The molecule has 3 aromatic rings. The summed E-state index contributed by atoms with van der Waals surface area (Å²) in [7, 11) is 0. The van der Waals surface area contributed by atoms with Crippen molar-refractivity contribution in [2.45, 2.75) is 12.6 Å². The number of nitrogens with one attached hydrogen (secondary N) is 3. The van der Waals surface area contributed by atoms with Gasteiger partial charge in [-0.2, -0.15) is 13.2 Å². The van der Waals surface area contributed by atoms with Gasteiger partial charge in [0.15, 0.2) is 0 Å². The Morgan fingerprint density at radius 2 is 2.06 bits per heavy atom. The highest BCUT2D eigenvalue weighted by atomic mass is 35.5. The van der Waals surface area contributed by atoms with Crippen LogP contribution in [0.3, 0.4) is 0 Å². The summed E-state index contributed by atoms with van der Waals surface area (Å²) in [5.41, 5.74) is 6.56. The number of fused-ring (bicyclic) bond motifs is 1. The van der Waals surface area contributed by atoms with E-state index in [9.17, 15) is 18.0 Å². The van der Waals surface area contributed by atoms with Crippen LogP contribution < -0.4 is 16.1 Å². The second-order valence-electron chi connectivity index (χ2n) is 6.59. The Morgan fingerprint density at radius 3 is 2.84 bits per heavy atom. The second kappa shape index (κ2) is 10.5. The minimum atomic E-state index is -4.47. The largest absolute Gasteiger partial charge is 0.405 e. The number of hydroxylamine groups is 1. The van der Waals surface area contributed by atoms with Crippen molar-refractivity contribution in [2.75, 3.05) is 30.9 Å². The van der Waals surface area contributed by atoms with Crippen molar-refractivity contribution in [3.8, 4) is 11.3 Å². The normalized spacial score (nSPS) is 11.6. The first kappa shape index (κ1) is 22.9. The zero-order valence-corrected chi connectivity index (χ0v) is 17.1. The minimum absolute atomic E-state index is 0.367. The summed E-state index contributed by atoms with van der Waals surface area (Å²) in [5.74, 6) is 0.421. The molecular weight excluding hydrogens is 435 g/mol. The smallest absolute Gasteiger partial charge is 0.329 e. The third kappa shape index (κ3) is 6.84. The van der Waals surface area contributed by atoms with Crippen LogP contribution in [0.25, 0.3) is 16.9 Å². The van der Waals surface area contributed by atoms with Crippen LogP contribution in [-0.2, 0) is 11.3 Å². The number of hydrogen-bond acceptors (Lipinski definition) is 4. The van der Waals surface area contributed by atoms with Crippen LogP contribution in [0.15, 0.2) is 48.8 Å². The number of imidazole rings is 1. The van der Waals surface area contributed by atoms with Crippen LogP contribution in [0.5, 0.6) is 0 Å². The monoisotopic (exact) mass is 455 g/mol. The van der Waals surface area contributed by atoms with Crippen molar-refractivity contribution in [2.24, 2.45) is 0 Å². The summed E-state index contributed by atoms with van der Waals surface area (Å²) in [6, 6.07) is 9.79. The van der Waals surface area contributed by atoms with Crippen LogP contribution in [0.4, 0.5) is 23.7 Å². The van der Waals surface area contributed by atoms with E-state index in [2.05, 4.69) is 15.8 Å². The Bertz CT molecular complexity index is 1030. The van der Waals surface area contributed by atoms with Crippen LogP contribution >= 0.6 is 11.6 Å². The van der Waals surface area contributed by atoms with E-state index in [1.807, 2.05) is 28.8 Å². The number of carbonyl (C=O) groups is 1. The number of amides is 2. The number of anilines is 1. The average Bonchev–Trinajstić information content (AvgIpc) is 3.15. The lowest BCUT2D eigenvalue weighted by Crippen LogP contribution is -2.36. The van der Waals surface area contributed by atoms with Crippen molar-refractivity contribution in [3.63, 3.8) is 0 Å². The first-order valence-corrected chi connectivity index (χ1v) is 9.98. The highest BCUT2D eigenvalue weighted by Crippen LogP contribution is 2.24. The molecule has 2 aromatic heterocycles. The number of urea groups is 1. The molecule has 31 heavy (non-hydrogen) atoms. The van der Waals surface area contributed by atoms with E-state index in [1.165, 1.54) is 0 Å². The fourth-order valence-electron chi connectivity index (χ4n) is 2.88. The molecule has 0 aliphatic carbocycles. The third-order valence-corrected chi connectivity index (χ3v) is 4.39. The molecule has 166 valence electrons. The number of alkyl halides is 4. The highest BCUT2D eigenvalue weighted by Gasteiger charge is 2.27. The lowest BCUT2D eigenvalue weighted by molar-refractivity contribution is -0.122. The molecule has 0 unspecified atom stereocenters. The Kier molecular flexibility index (Phi) is 7.72. The van der Waals surface area contributed by atoms with E-state index in [0.717, 1.165) is 28.9 Å². The molecular formula is C20H21ClF3N5O2. The Hall–Kier alpha value is -2.82. The molecule has 11 heteroatoms. The Balaban J connectivity index is 1.67. The third-order valence-electron chi connectivity index (χ3n) is 4.24. The molecule has 0 atom stereocenters. The number of pyridine rings is 1. The lowest BCUT2D eigenvalue weighted by Gasteiger charge is -2.11. The fourth-order valence-corrected chi connectivity index (χ4v) is 2.96.